The maximum Gasteiger partial charge on any atom is 0.186 e. The first kappa shape index (κ1) is 19.0. The smallest absolute Gasteiger partial charge is 0.186 e. The Morgan fingerprint density at radius 3 is 1.87 bits per heavy atom. The fraction of sp³-hybridized carbons (Fsp3) is 1.00. The van der Waals surface area contributed by atoms with Gasteiger partial charge in [0.25, 0.3) is 0 Å². The van der Waals surface area contributed by atoms with E-state index in [-0.39, 0.29) is 12.5 Å². The first-order valence-corrected chi connectivity index (χ1v) is 7.87. The summed E-state index contributed by atoms with van der Waals surface area (Å²) in [4.78, 5) is 0. The van der Waals surface area contributed by atoms with Crippen molar-refractivity contribution in [1.29, 1.82) is 0 Å². The van der Waals surface area contributed by atoms with Crippen LogP contribution >= 0.6 is 0 Å². The average Bonchev–Trinajstić information content (AvgIpc) is 2.49. The third-order valence-corrected chi connectivity index (χ3v) is 4.72. The zero-order chi connectivity index (χ0) is 17.3. The van der Waals surface area contributed by atoms with Crippen LogP contribution in [0.15, 0.2) is 0 Å². The van der Waals surface area contributed by atoms with Crippen molar-refractivity contribution in [3.05, 3.63) is 0 Å². The molecule has 2 fully saturated rings. The molecule has 1 aliphatic carbocycles. The van der Waals surface area contributed by atoms with Gasteiger partial charge < -0.3 is 45.6 Å². The van der Waals surface area contributed by atoms with E-state index >= 15 is 0 Å². The van der Waals surface area contributed by atoms with E-state index in [1.807, 2.05) is 0 Å². The quantitative estimate of drug-likeness (QED) is 0.278. The number of aliphatic hydroxyl groups excluding tert-OH is 5. The first-order valence-electron chi connectivity index (χ1n) is 7.87. The van der Waals surface area contributed by atoms with Crippen molar-refractivity contribution >= 4 is 0 Å². The number of nitrogens with one attached hydrogen (secondary N) is 2. The van der Waals surface area contributed by atoms with E-state index in [1.165, 1.54) is 0 Å². The number of hydrogen-bond acceptors (Lipinski definition) is 9. The van der Waals surface area contributed by atoms with Crippen molar-refractivity contribution in [2.24, 2.45) is 0 Å². The molecule has 0 bridgehead atoms. The summed E-state index contributed by atoms with van der Waals surface area (Å²) in [5.74, 6) is 0. The van der Waals surface area contributed by atoms with E-state index < -0.39 is 55.0 Å². The lowest BCUT2D eigenvalue weighted by Crippen LogP contribution is -2.71. The third-order valence-electron chi connectivity index (χ3n) is 4.72. The molecular formula is C14H28N2O7. The Hall–Kier alpha value is -0.360. The van der Waals surface area contributed by atoms with E-state index in [0.717, 1.165) is 0 Å². The van der Waals surface area contributed by atoms with Gasteiger partial charge in [-0.2, -0.15) is 0 Å². The Morgan fingerprint density at radius 2 is 1.39 bits per heavy atom. The second kappa shape index (κ2) is 7.68. The molecule has 0 aromatic rings. The molecule has 23 heavy (non-hydrogen) atoms. The zero-order valence-electron chi connectivity index (χ0n) is 13.5. The van der Waals surface area contributed by atoms with Gasteiger partial charge in [-0.25, -0.2) is 0 Å². The number of rotatable bonds is 4. The first-order chi connectivity index (χ1) is 10.8. The molecule has 1 saturated heterocycles. The van der Waals surface area contributed by atoms with Crippen LogP contribution < -0.4 is 10.6 Å². The molecule has 7 N–H and O–H groups in total. The molecule has 136 valence electrons. The molecule has 1 saturated carbocycles. The molecule has 1 heterocycles. The standard InChI is InChI=1S/C14H28N2O7/c1-5-4-6(17)9(18)14(22-5)23-13-11(20)7(15-2)10(19)8(16-3)12(13)21/h5-21H,4H2,1-3H3/t5-,6+,7-,8+,9-,10?,11+,12-,13?,14+/m1/s1. The lowest BCUT2D eigenvalue weighted by molar-refractivity contribution is -0.305. The fourth-order valence-electron chi connectivity index (χ4n) is 3.38. The highest BCUT2D eigenvalue weighted by molar-refractivity contribution is 5.05. The summed E-state index contributed by atoms with van der Waals surface area (Å²) in [5.41, 5.74) is 0. The Morgan fingerprint density at radius 1 is 0.870 bits per heavy atom. The molecule has 0 aromatic carbocycles. The molecule has 0 amide bonds. The highest BCUT2D eigenvalue weighted by atomic mass is 16.7. The van der Waals surface area contributed by atoms with Crippen molar-refractivity contribution in [2.75, 3.05) is 14.1 Å². The van der Waals surface area contributed by atoms with Crippen molar-refractivity contribution in [3.63, 3.8) is 0 Å². The van der Waals surface area contributed by atoms with Crippen LogP contribution in [0.3, 0.4) is 0 Å². The van der Waals surface area contributed by atoms with E-state index in [1.54, 1.807) is 21.0 Å². The molecule has 10 atom stereocenters. The van der Waals surface area contributed by atoms with Gasteiger partial charge >= 0.3 is 0 Å². The topological polar surface area (TPSA) is 144 Å². The van der Waals surface area contributed by atoms with Crippen molar-refractivity contribution in [2.45, 2.75) is 74.4 Å². The summed E-state index contributed by atoms with van der Waals surface area (Å²) in [6.07, 6.45) is -8.10. The van der Waals surface area contributed by atoms with Gasteiger partial charge in [-0.05, 0) is 21.0 Å². The minimum Gasteiger partial charge on any atom is -0.390 e. The predicted molar refractivity (Wildman–Crippen MR) is 79.6 cm³/mol. The number of aliphatic hydroxyl groups is 5. The predicted octanol–water partition coefficient (Wildman–Crippen LogP) is -3.50. The Bertz CT molecular complexity index is 370. The highest BCUT2D eigenvalue weighted by Crippen LogP contribution is 2.28. The molecule has 0 spiro atoms. The molecule has 2 aliphatic rings. The van der Waals surface area contributed by atoms with Gasteiger partial charge in [-0.1, -0.05) is 0 Å². The van der Waals surface area contributed by atoms with Crippen LogP contribution in [0, 0.1) is 0 Å². The van der Waals surface area contributed by atoms with Crippen LogP contribution in [-0.4, -0.2) is 101 Å². The molecule has 0 radical (unpaired) electrons. The van der Waals surface area contributed by atoms with Crippen LogP contribution in [0.4, 0.5) is 0 Å². The van der Waals surface area contributed by atoms with Crippen LogP contribution in [0.25, 0.3) is 0 Å². The van der Waals surface area contributed by atoms with Crippen LogP contribution in [-0.2, 0) is 9.47 Å². The second-order valence-corrected chi connectivity index (χ2v) is 6.31. The van der Waals surface area contributed by atoms with Crippen LogP contribution in [0.1, 0.15) is 13.3 Å². The lowest BCUT2D eigenvalue weighted by atomic mass is 9.81. The minimum atomic E-state index is -1.28. The molecule has 2 rings (SSSR count). The summed E-state index contributed by atoms with van der Waals surface area (Å²) in [6.45, 7) is 1.73. The van der Waals surface area contributed by atoms with Gasteiger partial charge in [-0.3, -0.25) is 0 Å². The molecule has 9 nitrogen and oxygen atoms in total. The largest absolute Gasteiger partial charge is 0.390 e. The van der Waals surface area contributed by atoms with Crippen molar-refractivity contribution in [1.82, 2.24) is 10.6 Å². The summed E-state index contributed by atoms with van der Waals surface area (Å²) in [5, 5.41) is 56.4. The van der Waals surface area contributed by atoms with Gasteiger partial charge in [0.15, 0.2) is 6.29 Å². The summed E-state index contributed by atoms with van der Waals surface area (Å²) >= 11 is 0. The Kier molecular flexibility index (Phi) is 6.34. The maximum atomic E-state index is 10.4. The van der Waals surface area contributed by atoms with Gasteiger partial charge in [0, 0.05) is 6.42 Å². The monoisotopic (exact) mass is 336 g/mol. The van der Waals surface area contributed by atoms with Crippen LogP contribution in [0.5, 0.6) is 0 Å². The molecule has 1 aliphatic heterocycles. The molecular weight excluding hydrogens is 308 g/mol. The Balaban J connectivity index is 2.15. The normalized spacial score (nSPS) is 51.7. The van der Waals surface area contributed by atoms with Gasteiger partial charge in [0.05, 0.1) is 30.4 Å². The van der Waals surface area contributed by atoms with Crippen molar-refractivity contribution < 1.29 is 35.0 Å². The zero-order valence-corrected chi connectivity index (χ0v) is 13.5. The van der Waals surface area contributed by atoms with E-state index in [2.05, 4.69) is 10.6 Å². The summed E-state index contributed by atoms with van der Waals surface area (Å²) < 4.78 is 11.1. The lowest BCUT2D eigenvalue weighted by Gasteiger charge is -2.47. The Labute approximate surface area is 135 Å². The fourth-order valence-corrected chi connectivity index (χ4v) is 3.38. The SMILES string of the molecule is CN[C@@H]1C(O)[C@H](NC)[C@@H](O)C(O[C@@H]2O[C@H](C)C[C@H](O)[C@H]2O)[C@H]1O. The minimum absolute atomic E-state index is 0.272. The van der Waals surface area contributed by atoms with Gasteiger partial charge in [-0.15, -0.1) is 0 Å². The number of hydrogen-bond donors (Lipinski definition) is 7. The second-order valence-electron chi connectivity index (χ2n) is 6.31. The molecule has 9 heteroatoms. The van der Waals surface area contributed by atoms with E-state index in [4.69, 9.17) is 9.47 Å². The summed E-state index contributed by atoms with van der Waals surface area (Å²) in [7, 11) is 3.16. The maximum absolute atomic E-state index is 10.4. The number of likely N-dealkylation sites (N-methyl/N-ethyl adjacent to an activating group) is 2. The van der Waals surface area contributed by atoms with Crippen molar-refractivity contribution in [3.8, 4) is 0 Å². The van der Waals surface area contributed by atoms with E-state index in [0.29, 0.717) is 0 Å². The third kappa shape index (κ3) is 3.68. The van der Waals surface area contributed by atoms with E-state index in [9.17, 15) is 25.5 Å². The molecule has 2 unspecified atom stereocenters. The summed E-state index contributed by atoms with van der Waals surface area (Å²) in [6, 6.07) is -1.46. The number of ether oxygens (including phenoxy) is 2. The highest BCUT2D eigenvalue weighted by Gasteiger charge is 2.51. The molecule has 0 aromatic heterocycles. The average molecular weight is 336 g/mol. The van der Waals surface area contributed by atoms with Gasteiger partial charge in [0.2, 0.25) is 0 Å². The van der Waals surface area contributed by atoms with Gasteiger partial charge in [0.1, 0.15) is 24.4 Å². The van der Waals surface area contributed by atoms with Crippen LogP contribution in [0.2, 0.25) is 0 Å².